The predicted octanol–water partition coefficient (Wildman–Crippen LogP) is 3.64. The molecule has 0 aliphatic heterocycles. The number of thioether (sulfide) groups is 1. The minimum Gasteiger partial charge on any atom is -0.389 e. The van der Waals surface area contributed by atoms with Crippen molar-refractivity contribution in [2.75, 3.05) is 11.6 Å². The Balaban J connectivity index is 2.34. The van der Waals surface area contributed by atoms with Crippen LogP contribution in [0.2, 0.25) is 0 Å². The fourth-order valence-corrected chi connectivity index (χ4v) is 3.24. The first-order valence-corrected chi connectivity index (χ1v) is 7.84. The Bertz CT molecular complexity index is 465. The van der Waals surface area contributed by atoms with Crippen LogP contribution in [0.5, 0.6) is 0 Å². The van der Waals surface area contributed by atoms with Gasteiger partial charge in [0.2, 0.25) is 0 Å². The normalized spacial score (nSPS) is 15.5. The van der Waals surface area contributed by atoms with E-state index in [0.717, 1.165) is 22.1 Å². The molecule has 3 N–H and O–H groups in total. The van der Waals surface area contributed by atoms with Crippen LogP contribution in [0.25, 0.3) is 0 Å². The summed E-state index contributed by atoms with van der Waals surface area (Å²) in [4.78, 5) is 1.60. The van der Waals surface area contributed by atoms with Gasteiger partial charge in [0.15, 0.2) is 0 Å². The van der Waals surface area contributed by atoms with Crippen molar-refractivity contribution < 1.29 is 0 Å². The fraction of sp³-hybridized carbons (Fsp3) is 0.500. The molecule has 1 fully saturated rings. The van der Waals surface area contributed by atoms with E-state index >= 15 is 0 Å². The molecule has 0 heterocycles. The molecular formula is C14H20N2S2. The van der Waals surface area contributed by atoms with Gasteiger partial charge in [0.05, 0.1) is 0 Å². The maximum atomic E-state index is 5.88. The molecule has 1 aromatic carbocycles. The number of thiocarbonyl (C=S) groups is 1. The molecule has 1 aromatic rings. The predicted molar refractivity (Wildman–Crippen MR) is 84.5 cm³/mol. The number of hydrogen-bond donors (Lipinski definition) is 2. The lowest BCUT2D eigenvalue weighted by Crippen LogP contribution is -2.34. The van der Waals surface area contributed by atoms with Gasteiger partial charge < -0.3 is 11.1 Å². The zero-order valence-corrected chi connectivity index (χ0v) is 12.8. The van der Waals surface area contributed by atoms with Gasteiger partial charge in [-0.25, -0.2) is 0 Å². The van der Waals surface area contributed by atoms with Crippen LogP contribution in [0.15, 0.2) is 23.1 Å². The Morgan fingerprint density at radius 2 is 2.11 bits per heavy atom. The van der Waals surface area contributed by atoms with Crippen LogP contribution in [-0.2, 0) is 0 Å². The highest BCUT2D eigenvalue weighted by molar-refractivity contribution is 7.98. The van der Waals surface area contributed by atoms with Crippen LogP contribution >= 0.6 is 24.0 Å². The SMILES string of the molecule is CSc1cccc(NC(C)(C)C2CC2)c1C(N)=S. The number of hydrogen-bond acceptors (Lipinski definition) is 3. The van der Waals surface area contributed by atoms with Gasteiger partial charge >= 0.3 is 0 Å². The van der Waals surface area contributed by atoms with E-state index in [9.17, 15) is 0 Å². The summed E-state index contributed by atoms with van der Waals surface area (Å²) < 4.78 is 0. The number of benzene rings is 1. The Morgan fingerprint density at radius 3 is 2.61 bits per heavy atom. The maximum Gasteiger partial charge on any atom is 0.107 e. The average Bonchev–Trinajstić information content (AvgIpc) is 3.11. The van der Waals surface area contributed by atoms with E-state index in [1.165, 1.54) is 12.8 Å². The molecule has 2 nitrogen and oxygen atoms in total. The number of nitrogens with one attached hydrogen (secondary N) is 1. The van der Waals surface area contributed by atoms with Crippen LogP contribution in [0.1, 0.15) is 32.3 Å². The van der Waals surface area contributed by atoms with Crippen LogP contribution in [0, 0.1) is 5.92 Å². The van der Waals surface area contributed by atoms with E-state index in [1.807, 2.05) is 6.26 Å². The van der Waals surface area contributed by atoms with Gasteiger partial charge in [-0.05, 0) is 51.0 Å². The highest BCUT2D eigenvalue weighted by atomic mass is 32.2. The van der Waals surface area contributed by atoms with Crippen molar-refractivity contribution in [3.63, 3.8) is 0 Å². The molecule has 1 saturated carbocycles. The second-order valence-corrected chi connectivity index (χ2v) is 6.66. The molecule has 1 aliphatic carbocycles. The highest BCUT2D eigenvalue weighted by Gasteiger charge is 2.38. The molecule has 98 valence electrons. The summed E-state index contributed by atoms with van der Waals surface area (Å²) in [6.07, 6.45) is 4.67. The van der Waals surface area contributed by atoms with Crippen LogP contribution in [0.3, 0.4) is 0 Å². The highest BCUT2D eigenvalue weighted by Crippen LogP contribution is 2.42. The second kappa shape index (κ2) is 5.10. The Kier molecular flexibility index (Phi) is 3.87. The Morgan fingerprint density at radius 1 is 1.44 bits per heavy atom. The van der Waals surface area contributed by atoms with Gasteiger partial charge in [0.1, 0.15) is 4.99 Å². The lowest BCUT2D eigenvalue weighted by molar-refractivity contribution is 0.494. The minimum atomic E-state index is 0.108. The van der Waals surface area contributed by atoms with E-state index in [0.29, 0.717) is 4.99 Å². The van der Waals surface area contributed by atoms with Gasteiger partial charge in [-0.15, -0.1) is 11.8 Å². The third-order valence-electron chi connectivity index (χ3n) is 3.55. The third kappa shape index (κ3) is 2.81. The minimum absolute atomic E-state index is 0.108. The molecule has 0 atom stereocenters. The molecule has 0 saturated heterocycles. The summed E-state index contributed by atoms with van der Waals surface area (Å²) in [5, 5.41) is 3.62. The first-order chi connectivity index (χ1) is 8.45. The van der Waals surface area contributed by atoms with E-state index in [2.05, 4.69) is 37.4 Å². The quantitative estimate of drug-likeness (QED) is 0.638. The lowest BCUT2D eigenvalue weighted by Gasteiger charge is -2.29. The molecule has 18 heavy (non-hydrogen) atoms. The van der Waals surface area contributed by atoms with Gasteiger partial charge in [-0.1, -0.05) is 18.3 Å². The zero-order valence-electron chi connectivity index (χ0n) is 11.1. The molecule has 0 unspecified atom stereocenters. The molecule has 0 radical (unpaired) electrons. The van der Waals surface area contributed by atoms with Crippen molar-refractivity contribution in [2.24, 2.45) is 11.7 Å². The van der Waals surface area contributed by atoms with Gasteiger partial charge in [-0.3, -0.25) is 0 Å². The summed E-state index contributed by atoms with van der Waals surface area (Å²) in [6, 6.07) is 6.19. The van der Waals surface area contributed by atoms with Gasteiger partial charge in [-0.2, -0.15) is 0 Å². The largest absolute Gasteiger partial charge is 0.389 e. The molecule has 0 spiro atoms. The summed E-state index contributed by atoms with van der Waals surface area (Å²) in [5.74, 6) is 0.759. The molecular weight excluding hydrogens is 260 g/mol. The van der Waals surface area contributed by atoms with E-state index < -0.39 is 0 Å². The first-order valence-electron chi connectivity index (χ1n) is 6.20. The maximum absolute atomic E-state index is 5.88. The molecule has 2 rings (SSSR count). The molecule has 1 aliphatic rings. The topological polar surface area (TPSA) is 38.0 Å². The zero-order chi connectivity index (χ0) is 13.3. The van der Waals surface area contributed by atoms with Gasteiger partial charge in [0, 0.05) is 21.7 Å². The summed E-state index contributed by atoms with van der Waals surface area (Å²) in [7, 11) is 0. The third-order valence-corrected chi connectivity index (χ3v) is 4.53. The molecule has 0 bridgehead atoms. The van der Waals surface area contributed by atoms with Crippen molar-refractivity contribution in [1.29, 1.82) is 0 Å². The molecule has 0 aromatic heterocycles. The monoisotopic (exact) mass is 280 g/mol. The summed E-state index contributed by atoms with van der Waals surface area (Å²) >= 11 is 6.88. The fourth-order valence-electron chi connectivity index (χ4n) is 2.31. The van der Waals surface area contributed by atoms with Crippen LogP contribution < -0.4 is 11.1 Å². The summed E-state index contributed by atoms with van der Waals surface area (Å²) in [6.45, 7) is 4.50. The van der Waals surface area contributed by atoms with Crippen LogP contribution in [0.4, 0.5) is 5.69 Å². The lowest BCUT2D eigenvalue weighted by atomic mass is 9.97. The van der Waals surface area contributed by atoms with Crippen molar-refractivity contribution >= 4 is 34.7 Å². The average molecular weight is 280 g/mol. The second-order valence-electron chi connectivity index (χ2n) is 5.37. The first kappa shape index (κ1) is 13.7. The summed E-state index contributed by atoms with van der Waals surface area (Å²) in [5.41, 5.74) is 8.03. The van der Waals surface area contributed by atoms with Crippen molar-refractivity contribution in [3.05, 3.63) is 23.8 Å². The number of rotatable bonds is 5. The van der Waals surface area contributed by atoms with E-state index in [-0.39, 0.29) is 5.54 Å². The van der Waals surface area contributed by atoms with Gasteiger partial charge in [0.25, 0.3) is 0 Å². The standard InChI is InChI=1S/C14H20N2S2/c1-14(2,9-7-8-9)16-10-5-4-6-11(18-3)12(10)13(15)17/h4-6,9,16H,7-8H2,1-3H3,(H2,15,17). The van der Waals surface area contributed by atoms with Crippen molar-refractivity contribution in [2.45, 2.75) is 37.1 Å². The van der Waals surface area contributed by atoms with Crippen molar-refractivity contribution in [3.8, 4) is 0 Å². The van der Waals surface area contributed by atoms with E-state index in [4.69, 9.17) is 18.0 Å². The molecule has 4 heteroatoms. The molecule has 0 amide bonds. The van der Waals surface area contributed by atoms with Crippen molar-refractivity contribution in [1.82, 2.24) is 0 Å². The Labute approximate surface area is 119 Å². The number of nitrogens with two attached hydrogens (primary N) is 1. The van der Waals surface area contributed by atoms with Crippen LogP contribution in [-0.4, -0.2) is 16.8 Å². The smallest absolute Gasteiger partial charge is 0.107 e. The Hall–Kier alpha value is -0.740. The van der Waals surface area contributed by atoms with E-state index in [1.54, 1.807) is 11.8 Å². The number of anilines is 1.